The van der Waals surface area contributed by atoms with Crippen LogP contribution < -0.4 is 16.8 Å². The van der Waals surface area contributed by atoms with Gasteiger partial charge in [-0.25, -0.2) is 9.97 Å². The predicted molar refractivity (Wildman–Crippen MR) is 91.3 cm³/mol. The number of nitrogens with one attached hydrogen (secondary N) is 1. The lowest BCUT2D eigenvalue weighted by atomic mass is 10.2. The Morgan fingerprint density at radius 1 is 1.15 bits per heavy atom. The third kappa shape index (κ3) is 3.60. The van der Waals surface area contributed by atoms with E-state index < -0.39 is 18.0 Å². The van der Waals surface area contributed by atoms with Crippen LogP contribution in [0.1, 0.15) is 23.2 Å². The van der Waals surface area contributed by atoms with E-state index in [-0.39, 0.29) is 22.4 Å². The second kappa shape index (κ2) is 6.54. The van der Waals surface area contributed by atoms with Crippen molar-refractivity contribution in [3.63, 3.8) is 0 Å². The second-order valence-electron chi connectivity index (χ2n) is 5.52. The SMILES string of the molecule is Cc1nnc(N[C@H](N)c2cc(N)cc(C(F)(F)F)n2)c2cc(Cl)ncc12. The highest BCUT2D eigenvalue weighted by atomic mass is 35.5. The van der Waals surface area contributed by atoms with Crippen LogP contribution in [-0.4, -0.2) is 20.2 Å². The van der Waals surface area contributed by atoms with Crippen molar-refractivity contribution in [2.45, 2.75) is 19.3 Å². The molecule has 7 nitrogen and oxygen atoms in total. The van der Waals surface area contributed by atoms with Gasteiger partial charge in [0.15, 0.2) is 5.82 Å². The van der Waals surface area contributed by atoms with Crippen molar-refractivity contribution in [3.05, 3.63) is 46.6 Å². The van der Waals surface area contributed by atoms with Crippen LogP contribution in [-0.2, 0) is 6.18 Å². The number of halogens is 4. The van der Waals surface area contributed by atoms with Gasteiger partial charge in [0, 0.05) is 22.7 Å². The standard InChI is InChI=1S/C15H13ClF3N7/c1-6-9-5-22-12(16)4-8(9)14(26-25-6)24-13(21)10-2-7(20)3-11(23-10)15(17,18)19/h2-5,13H,21H2,1H3,(H2,20,23)(H,24,26)/t13-/m0/s1. The van der Waals surface area contributed by atoms with Gasteiger partial charge in [0.1, 0.15) is 17.0 Å². The van der Waals surface area contributed by atoms with Gasteiger partial charge in [0.05, 0.1) is 11.4 Å². The predicted octanol–water partition coefficient (Wildman–Crippen LogP) is 3.05. The fourth-order valence-corrected chi connectivity index (χ4v) is 2.51. The van der Waals surface area contributed by atoms with E-state index in [1.54, 1.807) is 13.0 Å². The molecule has 3 aromatic heterocycles. The third-order valence-electron chi connectivity index (χ3n) is 3.58. The molecule has 3 rings (SSSR count). The summed E-state index contributed by atoms with van der Waals surface area (Å²) in [5.74, 6) is 0.236. The third-order valence-corrected chi connectivity index (χ3v) is 3.79. The molecule has 0 amide bonds. The van der Waals surface area contributed by atoms with Crippen LogP contribution in [0.2, 0.25) is 5.15 Å². The lowest BCUT2D eigenvalue weighted by molar-refractivity contribution is -0.141. The number of hydrogen-bond donors (Lipinski definition) is 3. The molecule has 0 radical (unpaired) electrons. The summed E-state index contributed by atoms with van der Waals surface area (Å²) in [6.07, 6.45) is -4.22. The first kappa shape index (κ1) is 18.1. The molecule has 0 spiro atoms. The highest BCUT2D eigenvalue weighted by Crippen LogP contribution is 2.31. The molecule has 0 aromatic carbocycles. The molecular formula is C15H13ClF3N7. The molecule has 0 saturated heterocycles. The van der Waals surface area contributed by atoms with Crippen LogP contribution in [0.4, 0.5) is 24.7 Å². The van der Waals surface area contributed by atoms with Gasteiger partial charge in [-0.05, 0) is 25.1 Å². The first-order valence-corrected chi connectivity index (χ1v) is 7.68. The van der Waals surface area contributed by atoms with E-state index in [1.807, 2.05) is 0 Å². The summed E-state index contributed by atoms with van der Waals surface area (Å²) in [6, 6.07) is 3.55. The lowest BCUT2D eigenvalue weighted by Crippen LogP contribution is -2.24. The van der Waals surface area contributed by atoms with Crippen molar-refractivity contribution >= 4 is 33.9 Å². The summed E-state index contributed by atoms with van der Waals surface area (Å²) < 4.78 is 38.7. The van der Waals surface area contributed by atoms with E-state index in [0.29, 0.717) is 16.5 Å². The first-order valence-electron chi connectivity index (χ1n) is 7.30. The highest BCUT2D eigenvalue weighted by Gasteiger charge is 2.33. The molecule has 0 fully saturated rings. The van der Waals surface area contributed by atoms with Crippen LogP contribution in [0.5, 0.6) is 0 Å². The van der Waals surface area contributed by atoms with Crippen molar-refractivity contribution < 1.29 is 13.2 Å². The molecule has 3 aromatic rings. The van der Waals surface area contributed by atoms with Gasteiger partial charge in [-0.2, -0.15) is 18.3 Å². The zero-order valence-corrected chi connectivity index (χ0v) is 14.1. The number of hydrogen-bond acceptors (Lipinski definition) is 7. The molecule has 5 N–H and O–H groups in total. The van der Waals surface area contributed by atoms with Gasteiger partial charge >= 0.3 is 6.18 Å². The van der Waals surface area contributed by atoms with Crippen molar-refractivity contribution in [2.24, 2.45) is 5.73 Å². The fraction of sp³-hybridized carbons (Fsp3) is 0.200. The summed E-state index contributed by atoms with van der Waals surface area (Å²) in [5, 5.41) is 12.3. The molecule has 0 saturated carbocycles. The van der Waals surface area contributed by atoms with E-state index >= 15 is 0 Å². The van der Waals surface area contributed by atoms with Gasteiger partial charge in [-0.3, -0.25) is 0 Å². The van der Waals surface area contributed by atoms with Crippen LogP contribution >= 0.6 is 11.6 Å². The molecule has 3 heterocycles. The Morgan fingerprint density at radius 3 is 2.58 bits per heavy atom. The zero-order valence-electron chi connectivity index (χ0n) is 13.3. The summed E-state index contributed by atoms with van der Waals surface area (Å²) in [7, 11) is 0. The Bertz CT molecular complexity index is 977. The van der Waals surface area contributed by atoms with E-state index in [0.717, 1.165) is 6.07 Å². The maximum Gasteiger partial charge on any atom is 0.433 e. The fourth-order valence-electron chi connectivity index (χ4n) is 2.35. The molecule has 136 valence electrons. The van der Waals surface area contributed by atoms with Crippen molar-refractivity contribution in [3.8, 4) is 0 Å². The minimum Gasteiger partial charge on any atom is -0.399 e. The van der Waals surface area contributed by atoms with Gasteiger partial charge in [-0.15, -0.1) is 5.10 Å². The number of anilines is 2. The molecule has 26 heavy (non-hydrogen) atoms. The largest absolute Gasteiger partial charge is 0.433 e. The highest BCUT2D eigenvalue weighted by molar-refractivity contribution is 6.30. The Kier molecular flexibility index (Phi) is 4.55. The second-order valence-corrected chi connectivity index (χ2v) is 5.90. The van der Waals surface area contributed by atoms with Crippen molar-refractivity contribution in [1.29, 1.82) is 0 Å². The van der Waals surface area contributed by atoms with Crippen LogP contribution in [0.25, 0.3) is 10.8 Å². The molecule has 1 atom stereocenters. The number of alkyl halides is 3. The molecule has 0 aliphatic carbocycles. The summed E-state index contributed by atoms with van der Waals surface area (Å²) in [6.45, 7) is 1.74. The maximum atomic E-state index is 12.9. The number of aryl methyl sites for hydroxylation is 1. The Balaban J connectivity index is 2.00. The monoisotopic (exact) mass is 383 g/mol. The topological polar surface area (TPSA) is 116 Å². The number of rotatable bonds is 3. The molecule has 0 bridgehead atoms. The zero-order chi connectivity index (χ0) is 19.1. The number of aromatic nitrogens is 4. The number of nitrogens with zero attached hydrogens (tertiary/aromatic N) is 4. The minimum atomic E-state index is -4.64. The summed E-state index contributed by atoms with van der Waals surface area (Å²) in [5.41, 5.74) is 10.8. The first-order chi connectivity index (χ1) is 12.1. The molecule has 0 unspecified atom stereocenters. The Labute approximate surface area is 150 Å². The van der Waals surface area contributed by atoms with Crippen LogP contribution in [0.3, 0.4) is 0 Å². The van der Waals surface area contributed by atoms with E-state index in [1.165, 1.54) is 12.3 Å². The quantitative estimate of drug-likeness (QED) is 0.470. The number of nitrogen functional groups attached to an aromatic ring is 1. The molecule has 0 aliphatic heterocycles. The maximum absolute atomic E-state index is 12.9. The van der Waals surface area contributed by atoms with Gasteiger partial charge in [0.25, 0.3) is 0 Å². The lowest BCUT2D eigenvalue weighted by Gasteiger charge is -2.17. The smallest absolute Gasteiger partial charge is 0.399 e. The van der Waals surface area contributed by atoms with E-state index in [2.05, 4.69) is 25.5 Å². The number of fused-ring (bicyclic) bond motifs is 1. The Hall–Kier alpha value is -2.72. The minimum absolute atomic E-state index is 0.0898. The van der Waals surface area contributed by atoms with E-state index in [9.17, 15) is 13.2 Å². The van der Waals surface area contributed by atoms with Crippen molar-refractivity contribution in [1.82, 2.24) is 20.2 Å². The van der Waals surface area contributed by atoms with Gasteiger partial charge < -0.3 is 16.8 Å². The van der Waals surface area contributed by atoms with Crippen LogP contribution in [0, 0.1) is 6.92 Å². The number of nitrogens with two attached hydrogens (primary N) is 2. The number of pyridine rings is 2. The average Bonchev–Trinajstić information content (AvgIpc) is 2.56. The van der Waals surface area contributed by atoms with Crippen LogP contribution in [0.15, 0.2) is 24.4 Å². The van der Waals surface area contributed by atoms with Gasteiger partial charge in [0.2, 0.25) is 0 Å². The summed E-state index contributed by atoms with van der Waals surface area (Å²) in [4.78, 5) is 7.52. The summed E-state index contributed by atoms with van der Waals surface area (Å²) >= 11 is 5.92. The Morgan fingerprint density at radius 2 is 1.88 bits per heavy atom. The average molecular weight is 384 g/mol. The van der Waals surface area contributed by atoms with Gasteiger partial charge in [-0.1, -0.05) is 11.6 Å². The van der Waals surface area contributed by atoms with Crippen molar-refractivity contribution in [2.75, 3.05) is 11.1 Å². The molecular weight excluding hydrogens is 371 g/mol. The normalized spacial score (nSPS) is 13.0. The molecule has 0 aliphatic rings. The molecule has 11 heteroatoms. The van der Waals surface area contributed by atoms with E-state index in [4.69, 9.17) is 23.1 Å².